The lowest BCUT2D eigenvalue weighted by Crippen LogP contribution is -2.53. The maximum absolute atomic E-state index is 12.0. The van der Waals surface area contributed by atoms with E-state index in [0.29, 0.717) is 0 Å². The van der Waals surface area contributed by atoms with Crippen LogP contribution in [0.25, 0.3) is 0 Å². The van der Waals surface area contributed by atoms with Crippen LogP contribution in [0.1, 0.15) is 19.3 Å². The van der Waals surface area contributed by atoms with E-state index in [0.717, 1.165) is 25.9 Å². The van der Waals surface area contributed by atoms with E-state index >= 15 is 0 Å². The number of carboxylic acids is 2. The van der Waals surface area contributed by atoms with Crippen LogP contribution < -0.4 is 5.32 Å². The number of nitrogens with zero attached hydrogens (tertiary/aromatic N) is 2. The van der Waals surface area contributed by atoms with Crippen LogP contribution in [-0.4, -0.2) is 77.3 Å². The van der Waals surface area contributed by atoms with Gasteiger partial charge in [-0.3, -0.25) is 4.79 Å². The van der Waals surface area contributed by atoms with Gasteiger partial charge >= 0.3 is 18.0 Å². The summed E-state index contributed by atoms with van der Waals surface area (Å²) in [7, 11) is 3.56. The van der Waals surface area contributed by atoms with Gasteiger partial charge in [0.05, 0.1) is 6.42 Å². The fourth-order valence-electron chi connectivity index (χ4n) is 2.25. The number of rotatable bonds is 5. The van der Waals surface area contributed by atoms with Gasteiger partial charge in [0, 0.05) is 19.6 Å². The Bertz CT molecular complexity index is 387. The van der Waals surface area contributed by atoms with Crippen LogP contribution in [-0.2, 0) is 9.59 Å². The second-order valence-corrected chi connectivity index (χ2v) is 5.11. The van der Waals surface area contributed by atoms with Crippen molar-refractivity contribution in [2.45, 2.75) is 31.3 Å². The van der Waals surface area contributed by atoms with Crippen molar-refractivity contribution in [1.82, 2.24) is 15.1 Å². The fraction of sp³-hybridized carbons (Fsp3) is 0.750. The summed E-state index contributed by atoms with van der Waals surface area (Å²) in [5, 5.41) is 19.8. The average molecular weight is 287 g/mol. The number of hydrogen-bond donors (Lipinski definition) is 3. The Morgan fingerprint density at radius 1 is 1.40 bits per heavy atom. The van der Waals surface area contributed by atoms with Crippen molar-refractivity contribution in [2.24, 2.45) is 0 Å². The molecule has 1 heterocycles. The van der Waals surface area contributed by atoms with Crippen LogP contribution in [0.5, 0.6) is 0 Å². The Kier molecular flexibility index (Phi) is 5.75. The largest absolute Gasteiger partial charge is 0.481 e. The Morgan fingerprint density at radius 3 is 2.55 bits per heavy atom. The third-order valence-electron chi connectivity index (χ3n) is 3.44. The Balaban J connectivity index is 2.58. The van der Waals surface area contributed by atoms with Gasteiger partial charge in [-0.2, -0.15) is 0 Å². The minimum Gasteiger partial charge on any atom is -0.481 e. The molecule has 2 atom stereocenters. The molecule has 8 heteroatoms. The number of piperidine rings is 1. The van der Waals surface area contributed by atoms with Crippen molar-refractivity contribution in [3.8, 4) is 0 Å². The molecule has 0 aromatic carbocycles. The average Bonchev–Trinajstić information content (AvgIpc) is 2.36. The number of hydrogen-bond acceptors (Lipinski definition) is 4. The zero-order chi connectivity index (χ0) is 15.3. The topological polar surface area (TPSA) is 110 Å². The number of amides is 2. The van der Waals surface area contributed by atoms with Gasteiger partial charge < -0.3 is 25.3 Å². The summed E-state index contributed by atoms with van der Waals surface area (Å²) in [6, 6.07) is -1.96. The van der Waals surface area contributed by atoms with Crippen LogP contribution in [0.15, 0.2) is 0 Å². The van der Waals surface area contributed by atoms with E-state index in [1.54, 1.807) is 7.05 Å². The third kappa shape index (κ3) is 4.69. The molecule has 1 saturated heterocycles. The van der Waals surface area contributed by atoms with E-state index in [1.165, 1.54) is 4.90 Å². The summed E-state index contributed by atoms with van der Waals surface area (Å²) in [6.07, 6.45) is 1.18. The molecular formula is C12H21N3O5. The molecule has 0 radical (unpaired) electrons. The SMILES string of the molecule is CN1CCCC(N(C)C(=O)NC(CC(=O)O)C(=O)O)C1. The monoisotopic (exact) mass is 287 g/mol. The molecule has 0 aromatic heterocycles. The van der Waals surface area contributed by atoms with Gasteiger partial charge in [0.1, 0.15) is 6.04 Å². The molecular weight excluding hydrogens is 266 g/mol. The second-order valence-electron chi connectivity index (χ2n) is 5.11. The van der Waals surface area contributed by atoms with Gasteiger partial charge in [-0.25, -0.2) is 9.59 Å². The predicted octanol–water partition coefficient (Wildman–Crippen LogP) is -0.350. The second kappa shape index (κ2) is 7.09. The molecule has 3 N–H and O–H groups in total. The molecule has 0 saturated carbocycles. The standard InChI is InChI=1S/C12H21N3O5/c1-14-5-3-4-8(7-14)15(2)12(20)13-9(11(18)19)6-10(16)17/h8-9H,3-7H2,1-2H3,(H,13,20)(H,16,17)(H,18,19). The van der Waals surface area contributed by atoms with E-state index in [-0.39, 0.29) is 6.04 Å². The van der Waals surface area contributed by atoms with E-state index < -0.39 is 30.4 Å². The molecule has 8 nitrogen and oxygen atoms in total. The van der Waals surface area contributed by atoms with Gasteiger partial charge in [0.2, 0.25) is 0 Å². The predicted molar refractivity (Wildman–Crippen MR) is 70.5 cm³/mol. The van der Waals surface area contributed by atoms with Crippen molar-refractivity contribution in [3.05, 3.63) is 0 Å². The first-order chi connectivity index (χ1) is 9.31. The van der Waals surface area contributed by atoms with Crippen molar-refractivity contribution >= 4 is 18.0 Å². The minimum absolute atomic E-state index is 0.00743. The summed E-state index contributed by atoms with van der Waals surface area (Å²) >= 11 is 0. The van der Waals surface area contributed by atoms with Crippen LogP contribution in [0, 0.1) is 0 Å². The van der Waals surface area contributed by atoms with E-state index in [2.05, 4.69) is 10.2 Å². The van der Waals surface area contributed by atoms with Crippen LogP contribution in [0.4, 0.5) is 4.79 Å². The van der Waals surface area contributed by atoms with Gasteiger partial charge in [-0.15, -0.1) is 0 Å². The molecule has 0 bridgehead atoms. The zero-order valence-corrected chi connectivity index (χ0v) is 11.7. The molecule has 1 aliphatic rings. The maximum Gasteiger partial charge on any atom is 0.326 e. The van der Waals surface area contributed by atoms with Gasteiger partial charge in [0.15, 0.2) is 0 Å². The third-order valence-corrected chi connectivity index (χ3v) is 3.44. The molecule has 1 rings (SSSR count). The maximum atomic E-state index is 12.0. The van der Waals surface area contributed by atoms with Gasteiger partial charge in [-0.1, -0.05) is 0 Å². The number of carboxylic acid groups (broad SMARTS) is 2. The van der Waals surface area contributed by atoms with Gasteiger partial charge in [0.25, 0.3) is 0 Å². The lowest BCUT2D eigenvalue weighted by molar-refractivity contribution is -0.145. The number of aliphatic carboxylic acids is 2. The highest BCUT2D eigenvalue weighted by Crippen LogP contribution is 2.13. The molecule has 2 unspecified atom stereocenters. The normalized spacial score (nSPS) is 21.0. The van der Waals surface area contributed by atoms with Crippen molar-refractivity contribution in [1.29, 1.82) is 0 Å². The quantitative estimate of drug-likeness (QED) is 0.637. The van der Waals surface area contributed by atoms with Crippen LogP contribution >= 0.6 is 0 Å². The Hall–Kier alpha value is -1.83. The molecule has 2 amide bonds. The number of carbonyl (C=O) groups excluding carboxylic acids is 1. The van der Waals surface area contributed by atoms with Gasteiger partial charge in [-0.05, 0) is 26.4 Å². The fourth-order valence-corrected chi connectivity index (χ4v) is 2.25. The van der Waals surface area contributed by atoms with E-state index in [1.807, 2.05) is 7.05 Å². The number of likely N-dealkylation sites (N-methyl/N-ethyl adjacent to an activating group) is 2. The molecule has 0 aromatic rings. The summed E-state index contributed by atoms with van der Waals surface area (Å²) in [6.45, 7) is 1.70. The van der Waals surface area contributed by atoms with E-state index in [4.69, 9.17) is 10.2 Å². The summed E-state index contributed by atoms with van der Waals surface area (Å²) in [5.41, 5.74) is 0. The van der Waals surface area contributed by atoms with Crippen molar-refractivity contribution < 1.29 is 24.6 Å². The minimum atomic E-state index is -1.41. The molecule has 0 aliphatic carbocycles. The number of nitrogens with one attached hydrogen (secondary N) is 1. The highest BCUT2D eigenvalue weighted by molar-refractivity contribution is 5.86. The van der Waals surface area contributed by atoms with Crippen LogP contribution in [0.3, 0.4) is 0 Å². The first-order valence-corrected chi connectivity index (χ1v) is 6.47. The Labute approximate surface area is 117 Å². The first kappa shape index (κ1) is 16.2. The first-order valence-electron chi connectivity index (χ1n) is 6.47. The summed E-state index contributed by atoms with van der Waals surface area (Å²) in [5.74, 6) is -2.62. The molecule has 1 fully saturated rings. The Morgan fingerprint density at radius 2 is 2.05 bits per heavy atom. The van der Waals surface area contributed by atoms with E-state index in [9.17, 15) is 14.4 Å². The molecule has 1 aliphatic heterocycles. The molecule has 0 spiro atoms. The molecule has 20 heavy (non-hydrogen) atoms. The lowest BCUT2D eigenvalue weighted by atomic mass is 10.1. The number of carbonyl (C=O) groups is 3. The highest BCUT2D eigenvalue weighted by atomic mass is 16.4. The summed E-state index contributed by atoms with van der Waals surface area (Å²) < 4.78 is 0. The number of likely N-dealkylation sites (tertiary alicyclic amines) is 1. The highest BCUT2D eigenvalue weighted by Gasteiger charge is 2.28. The molecule has 114 valence electrons. The zero-order valence-electron chi connectivity index (χ0n) is 11.7. The van der Waals surface area contributed by atoms with Crippen molar-refractivity contribution in [3.63, 3.8) is 0 Å². The van der Waals surface area contributed by atoms with Crippen LogP contribution in [0.2, 0.25) is 0 Å². The lowest BCUT2D eigenvalue weighted by Gasteiger charge is -2.36. The number of urea groups is 1. The van der Waals surface area contributed by atoms with Crippen molar-refractivity contribution in [2.75, 3.05) is 27.2 Å². The summed E-state index contributed by atoms with van der Waals surface area (Å²) in [4.78, 5) is 37.0. The smallest absolute Gasteiger partial charge is 0.326 e.